The average molecular weight is 357 g/mol. The number of carbonyl (C=O) groups excluding carboxylic acids is 6. The Hall–Kier alpha value is -3.18. The summed E-state index contributed by atoms with van der Waals surface area (Å²) in [6.45, 7) is -2.14. The number of carbonyl (C=O) groups is 6. The largest absolute Gasteiger partial charge is 0.464 e. The van der Waals surface area contributed by atoms with Gasteiger partial charge in [-0.15, -0.1) is 0 Å². The third-order valence-corrected chi connectivity index (χ3v) is 2.81. The molecule has 5 N–H and O–H groups in total. The van der Waals surface area contributed by atoms with E-state index < -0.39 is 42.0 Å². The third kappa shape index (κ3) is 9.53. The Morgan fingerprint density at radius 2 is 0.880 bits per heavy atom. The third-order valence-electron chi connectivity index (χ3n) is 2.81. The van der Waals surface area contributed by atoms with E-state index >= 15 is 0 Å². The molecule has 1 aliphatic rings. The van der Waals surface area contributed by atoms with Crippen molar-refractivity contribution in [3.63, 3.8) is 0 Å². The van der Waals surface area contributed by atoms with Gasteiger partial charge in [0.15, 0.2) is 0 Å². The lowest BCUT2D eigenvalue weighted by atomic mass is 10.4. The van der Waals surface area contributed by atoms with Gasteiger partial charge in [-0.2, -0.15) is 0 Å². The number of hydrogen-bond acceptors (Lipinski definition) is 7. The maximum absolute atomic E-state index is 11.5. The Balaban J connectivity index is 2.55. The monoisotopic (exact) mass is 357 g/mol. The Morgan fingerprint density at radius 1 is 0.520 bits per heavy atom. The highest BCUT2D eigenvalue weighted by molar-refractivity contribution is 5.91. The van der Waals surface area contributed by atoms with Crippen molar-refractivity contribution in [1.82, 2.24) is 26.6 Å². The van der Waals surface area contributed by atoms with Crippen LogP contribution in [0, 0.1) is 0 Å². The first-order valence-corrected chi connectivity index (χ1v) is 7.36. The molecule has 5 amide bonds. The number of cyclic esters (lactones) is 1. The second-order valence-electron chi connectivity index (χ2n) is 4.85. The highest BCUT2D eigenvalue weighted by atomic mass is 16.5. The molecule has 0 spiro atoms. The van der Waals surface area contributed by atoms with Gasteiger partial charge >= 0.3 is 5.97 Å². The number of amides is 5. The van der Waals surface area contributed by atoms with Crippen LogP contribution >= 0.6 is 0 Å². The maximum Gasteiger partial charge on any atom is 0.325 e. The van der Waals surface area contributed by atoms with Crippen LogP contribution in [0.2, 0.25) is 0 Å². The summed E-state index contributed by atoms with van der Waals surface area (Å²) in [5, 5.41) is 11.2. The Labute approximate surface area is 142 Å². The van der Waals surface area contributed by atoms with Crippen molar-refractivity contribution in [3.05, 3.63) is 0 Å². The molecule has 0 aromatic rings. The molecule has 25 heavy (non-hydrogen) atoms. The molecule has 12 nitrogen and oxygen atoms in total. The van der Waals surface area contributed by atoms with Crippen LogP contribution in [0.4, 0.5) is 0 Å². The van der Waals surface area contributed by atoms with Gasteiger partial charge in [0.1, 0.15) is 13.2 Å². The molecule has 1 rings (SSSR count). The van der Waals surface area contributed by atoms with Gasteiger partial charge in [0, 0.05) is 0 Å². The summed E-state index contributed by atoms with van der Waals surface area (Å²) >= 11 is 0. The molecule has 0 radical (unpaired) electrons. The predicted octanol–water partition coefficient (Wildman–Crippen LogP) is -4.49. The van der Waals surface area contributed by atoms with E-state index in [1.54, 1.807) is 0 Å². The van der Waals surface area contributed by atoms with Gasteiger partial charge in [-0.25, -0.2) is 0 Å². The van der Waals surface area contributed by atoms with Crippen LogP contribution in [0.15, 0.2) is 0 Å². The minimum Gasteiger partial charge on any atom is -0.464 e. The summed E-state index contributed by atoms with van der Waals surface area (Å²) in [5.41, 5.74) is 0. The number of ether oxygens (including phenoxy) is 1. The van der Waals surface area contributed by atoms with Crippen LogP contribution in [0.3, 0.4) is 0 Å². The van der Waals surface area contributed by atoms with E-state index in [2.05, 4.69) is 26.6 Å². The normalized spacial score (nSPS) is 19.7. The van der Waals surface area contributed by atoms with Gasteiger partial charge in [-0.05, 0) is 0 Å². The standard InChI is InChI=1S/C13H19N5O7/c19-8-1-2-25-13(24)7-18-12(23)6-17-11(22)5-16-10(21)4-15-9(20)3-14-8/h1-7H2,(H,14,19)(H,15,20)(H,16,21)(H,17,22)(H,18,23). The topological polar surface area (TPSA) is 172 Å². The zero-order chi connectivity index (χ0) is 18.7. The fourth-order valence-corrected chi connectivity index (χ4v) is 1.53. The van der Waals surface area contributed by atoms with Crippen molar-refractivity contribution in [2.45, 2.75) is 6.42 Å². The molecule has 0 bridgehead atoms. The molecule has 1 aliphatic heterocycles. The molecule has 0 saturated carbocycles. The molecule has 138 valence electrons. The predicted molar refractivity (Wildman–Crippen MR) is 80.6 cm³/mol. The molecule has 0 aliphatic carbocycles. The lowest BCUT2D eigenvalue weighted by Gasteiger charge is -2.08. The zero-order valence-electron chi connectivity index (χ0n) is 13.3. The molecule has 1 saturated heterocycles. The Bertz CT molecular complexity index is 515. The van der Waals surface area contributed by atoms with Crippen LogP contribution in [-0.4, -0.2) is 74.8 Å². The van der Waals surface area contributed by atoms with E-state index in [-0.39, 0.29) is 39.2 Å². The minimum absolute atomic E-state index is 0.163. The maximum atomic E-state index is 11.5. The van der Waals surface area contributed by atoms with Crippen molar-refractivity contribution in [2.75, 3.05) is 39.3 Å². The Kier molecular flexibility index (Phi) is 8.40. The first kappa shape index (κ1) is 19.9. The summed E-state index contributed by atoms with van der Waals surface area (Å²) in [7, 11) is 0. The highest BCUT2D eigenvalue weighted by Crippen LogP contribution is 1.85. The summed E-state index contributed by atoms with van der Waals surface area (Å²) in [5.74, 6) is -3.74. The quantitative estimate of drug-likeness (QED) is 0.272. The summed E-state index contributed by atoms with van der Waals surface area (Å²) in [6, 6.07) is 0. The van der Waals surface area contributed by atoms with E-state index in [1.165, 1.54) is 0 Å². The van der Waals surface area contributed by atoms with E-state index in [0.29, 0.717) is 0 Å². The molecule has 0 unspecified atom stereocenters. The Morgan fingerprint density at radius 3 is 1.32 bits per heavy atom. The summed E-state index contributed by atoms with van der Waals surface area (Å²) in [6.07, 6.45) is -0.163. The fourth-order valence-electron chi connectivity index (χ4n) is 1.53. The van der Waals surface area contributed by atoms with Gasteiger partial charge in [0.2, 0.25) is 29.5 Å². The van der Waals surface area contributed by atoms with Crippen LogP contribution in [0.5, 0.6) is 0 Å². The lowest BCUT2D eigenvalue weighted by Crippen LogP contribution is -2.45. The van der Waals surface area contributed by atoms with Crippen molar-refractivity contribution < 1.29 is 33.5 Å². The van der Waals surface area contributed by atoms with Gasteiger partial charge in [-0.3, -0.25) is 28.8 Å². The van der Waals surface area contributed by atoms with Gasteiger partial charge in [-0.1, -0.05) is 0 Å². The number of hydrogen-bond donors (Lipinski definition) is 5. The number of nitrogens with one attached hydrogen (secondary N) is 5. The summed E-state index contributed by atoms with van der Waals surface area (Å²) < 4.78 is 4.73. The SMILES string of the molecule is O=C1CCOC(=O)CNC(=O)CNC(=O)CNC(=O)CNC(=O)CN1. The molecule has 12 heteroatoms. The van der Waals surface area contributed by atoms with Crippen LogP contribution in [0.25, 0.3) is 0 Å². The molecule has 0 aromatic heterocycles. The van der Waals surface area contributed by atoms with E-state index in [4.69, 9.17) is 4.74 Å². The second kappa shape index (κ2) is 10.6. The second-order valence-corrected chi connectivity index (χ2v) is 4.85. The minimum atomic E-state index is -0.754. The van der Waals surface area contributed by atoms with Gasteiger partial charge in [0.25, 0.3) is 0 Å². The highest BCUT2D eigenvalue weighted by Gasteiger charge is 2.12. The molecular formula is C13H19N5O7. The zero-order valence-corrected chi connectivity index (χ0v) is 13.3. The average Bonchev–Trinajstić information content (AvgIpc) is 2.58. The van der Waals surface area contributed by atoms with Crippen LogP contribution in [-0.2, 0) is 33.5 Å². The molecule has 0 aromatic carbocycles. The van der Waals surface area contributed by atoms with E-state index in [1.807, 2.05) is 0 Å². The van der Waals surface area contributed by atoms with Crippen molar-refractivity contribution in [2.24, 2.45) is 0 Å². The van der Waals surface area contributed by atoms with Gasteiger partial charge in [0.05, 0.1) is 32.6 Å². The first-order chi connectivity index (χ1) is 11.9. The lowest BCUT2D eigenvalue weighted by molar-refractivity contribution is -0.144. The first-order valence-electron chi connectivity index (χ1n) is 7.36. The molecule has 1 fully saturated rings. The van der Waals surface area contributed by atoms with E-state index in [0.717, 1.165) is 0 Å². The van der Waals surface area contributed by atoms with Crippen molar-refractivity contribution >= 4 is 35.5 Å². The van der Waals surface area contributed by atoms with E-state index in [9.17, 15) is 28.8 Å². The number of rotatable bonds is 0. The smallest absolute Gasteiger partial charge is 0.325 e. The molecule has 1 heterocycles. The molecule has 0 atom stereocenters. The number of esters is 1. The molecular weight excluding hydrogens is 338 g/mol. The van der Waals surface area contributed by atoms with Gasteiger partial charge < -0.3 is 31.3 Å². The van der Waals surface area contributed by atoms with Crippen LogP contribution < -0.4 is 26.6 Å². The summed E-state index contributed by atoms with van der Waals surface area (Å²) in [4.78, 5) is 68.6. The van der Waals surface area contributed by atoms with Crippen molar-refractivity contribution in [3.8, 4) is 0 Å². The fraction of sp³-hybridized carbons (Fsp3) is 0.538. The van der Waals surface area contributed by atoms with Crippen LogP contribution in [0.1, 0.15) is 6.42 Å². The van der Waals surface area contributed by atoms with Crippen molar-refractivity contribution in [1.29, 1.82) is 0 Å².